The van der Waals surface area contributed by atoms with E-state index in [0.717, 1.165) is 64.7 Å². The van der Waals surface area contributed by atoms with Gasteiger partial charge in [-0.15, -0.1) is 0 Å². The molecule has 0 spiro atoms. The molecule has 0 amide bonds. The van der Waals surface area contributed by atoms with Crippen LogP contribution in [0.4, 0.5) is 5.82 Å². The van der Waals surface area contributed by atoms with E-state index in [9.17, 15) is 0 Å². The smallest absolute Gasteiger partial charge is 0.180 e. The Bertz CT molecular complexity index is 1140. The minimum absolute atomic E-state index is 0.716. The minimum Gasteiger partial charge on any atom is -0.385 e. The second-order valence-corrected chi connectivity index (χ2v) is 7.24. The molecule has 158 valence electrons. The van der Waals surface area contributed by atoms with Crippen LogP contribution in [0.3, 0.4) is 0 Å². The second-order valence-electron chi connectivity index (χ2n) is 7.24. The van der Waals surface area contributed by atoms with Crippen LogP contribution in [0, 0.1) is 13.8 Å². The van der Waals surface area contributed by atoms with Gasteiger partial charge in [0.05, 0.1) is 36.3 Å². The molecule has 0 bridgehead atoms. The van der Waals surface area contributed by atoms with Gasteiger partial charge in [-0.3, -0.25) is 9.50 Å². The third kappa shape index (κ3) is 3.76. The van der Waals surface area contributed by atoms with Gasteiger partial charge in [0, 0.05) is 49.6 Å². The first kappa shape index (κ1) is 20.3. The number of aromatic amines is 1. The zero-order valence-corrected chi connectivity index (χ0v) is 18.0. The highest BCUT2D eigenvalue weighted by molar-refractivity contribution is 5.93. The highest BCUT2D eigenvalue weighted by Gasteiger charge is 2.21. The SMILES string of the molecule is CCOC.Cc1nc2c(N3CCOCC3)nc(-c3cccc4[nH]ncc34)cn2c1C. The quantitative estimate of drug-likeness (QED) is 0.560. The Balaban J connectivity index is 0.000000503. The molecule has 30 heavy (non-hydrogen) atoms. The number of morpholine rings is 1. The number of hydrogen-bond acceptors (Lipinski definition) is 6. The fourth-order valence-corrected chi connectivity index (χ4v) is 3.57. The van der Waals surface area contributed by atoms with Gasteiger partial charge in [-0.25, -0.2) is 9.97 Å². The molecule has 1 aliphatic heterocycles. The Morgan fingerprint density at radius 2 is 1.93 bits per heavy atom. The number of benzene rings is 1. The monoisotopic (exact) mass is 408 g/mol. The number of aromatic nitrogens is 5. The fraction of sp³-hybridized carbons (Fsp3) is 0.409. The predicted octanol–water partition coefficient (Wildman–Crippen LogP) is 3.38. The number of rotatable bonds is 3. The molecule has 8 heteroatoms. The van der Waals surface area contributed by atoms with Gasteiger partial charge in [0.1, 0.15) is 0 Å². The molecule has 1 aromatic carbocycles. The van der Waals surface area contributed by atoms with Gasteiger partial charge in [-0.1, -0.05) is 12.1 Å². The lowest BCUT2D eigenvalue weighted by Gasteiger charge is -2.28. The largest absolute Gasteiger partial charge is 0.385 e. The number of fused-ring (bicyclic) bond motifs is 2. The van der Waals surface area contributed by atoms with E-state index < -0.39 is 0 Å². The number of hydrogen-bond donors (Lipinski definition) is 1. The predicted molar refractivity (Wildman–Crippen MR) is 118 cm³/mol. The maximum Gasteiger partial charge on any atom is 0.180 e. The van der Waals surface area contributed by atoms with Crippen molar-refractivity contribution in [2.24, 2.45) is 0 Å². The van der Waals surface area contributed by atoms with Crippen molar-refractivity contribution in [2.45, 2.75) is 20.8 Å². The van der Waals surface area contributed by atoms with Crippen LogP contribution in [-0.4, -0.2) is 64.6 Å². The van der Waals surface area contributed by atoms with Crippen LogP contribution in [0.25, 0.3) is 27.8 Å². The molecule has 0 atom stereocenters. The molecule has 1 saturated heterocycles. The van der Waals surface area contributed by atoms with Gasteiger partial charge in [0.25, 0.3) is 0 Å². The van der Waals surface area contributed by atoms with Crippen LogP contribution < -0.4 is 4.90 Å². The third-order valence-corrected chi connectivity index (χ3v) is 5.42. The molecular weight excluding hydrogens is 380 g/mol. The summed E-state index contributed by atoms with van der Waals surface area (Å²) in [6.45, 7) is 10.0. The fourth-order valence-electron chi connectivity index (χ4n) is 3.57. The number of nitrogens with one attached hydrogen (secondary N) is 1. The molecule has 1 fully saturated rings. The van der Waals surface area contributed by atoms with Crippen molar-refractivity contribution in [2.75, 3.05) is 44.9 Å². The molecule has 1 aliphatic rings. The summed E-state index contributed by atoms with van der Waals surface area (Å²) in [5.41, 5.74) is 6.07. The van der Waals surface area contributed by atoms with Crippen molar-refractivity contribution in [1.82, 2.24) is 24.6 Å². The summed E-state index contributed by atoms with van der Waals surface area (Å²) in [5, 5.41) is 8.29. The topological polar surface area (TPSA) is 80.6 Å². The van der Waals surface area contributed by atoms with E-state index in [0.29, 0.717) is 13.2 Å². The van der Waals surface area contributed by atoms with Crippen LogP contribution in [0.2, 0.25) is 0 Å². The van der Waals surface area contributed by atoms with E-state index in [4.69, 9.17) is 14.7 Å². The van der Waals surface area contributed by atoms with Crippen molar-refractivity contribution < 1.29 is 9.47 Å². The van der Waals surface area contributed by atoms with Crippen LogP contribution in [0.1, 0.15) is 18.3 Å². The van der Waals surface area contributed by atoms with Crippen LogP contribution >= 0.6 is 0 Å². The summed E-state index contributed by atoms with van der Waals surface area (Å²) in [5.74, 6) is 0.919. The van der Waals surface area contributed by atoms with Crippen molar-refractivity contribution in [1.29, 1.82) is 0 Å². The molecule has 0 unspecified atom stereocenters. The molecule has 1 N–H and O–H groups in total. The maximum atomic E-state index is 5.52. The lowest BCUT2D eigenvalue weighted by Crippen LogP contribution is -2.37. The summed E-state index contributed by atoms with van der Waals surface area (Å²) >= 11 is 0. The van der Waals surface area contributed by atoms with Crippen molar-refractivity contribution >= 4 is 22.4 Å². The lowest BCUT2D eigenvalue weighted by molar-refractivity contribution is 0.122. The van der Waals surface area contributed by atoms with Gasteiger partial charge in [-0.05, 0) is 26.8 Å². The van der Waals surface area contributed by atoms with Gasteiger partial charge in [-0.2, -0.15) is 5.10 Å². The average molecular weight is 409 g/mol. The molecule has 0 radical (unpaired) electrons. The van der Waals surface area contributed by atoms with Crippen molar-refractivity contribution in [3.8, 4) is 11.3 Å². The molecule has 0 saturated carbocycles. The molecule has 0 aliphatic carbocycles. The zero-order chi connectivity index (χ0) is 21.1. The first-order chi connectivity index (χ1) is 14.6. The van der Waals surface area contributed by atoms with Crippen LogP contribution in [0.5, 0.6) is 0 Å². The minimum atomic E-state index is 0.716. The normalized spacial score (nSPS) is 14.2. The van der Waals surface area contributed by atoms with Gasteiger partial charge < -0.3 is 14.4 Å². The molecule has 4 heterocycles. The number of imidazole rings is 1. The zero-order valence-electron chi connectivity index (χ0n) is 18.0. The van der Waals surface area contributed by atoms with Crippen molar-refractivity contribution in [3.05, 3.63) is 42.0 Å². The van der Waals surface area contributed by atoms with Gasteiger partial charge >= 0.3 is 0 Å². The maximum absolute atomic E-state index is 5.52. The first-order valence-electron chi connectivity index (χ1n) is 10.2. The number of ether oxygens (including phenoxy) is 2. The highest BCUT2D eigenvalue weighted by atomic mass is 16.5. The summed E-state index contributed by atoms with van der Waals surface area (Å²) in [6.07, 6.45) is 3.94. The molecule has 5 rings (SSSR count). The summed E-state index contributed by atoms with van der Waals surface area (Å²) in [6, 6.07) is 6.15. The van der Waals surface area contributed by atoms with Gasteiger partial charge in [0.2, 0.25) is 0 Å². The van der Waals surface area contributed by atoms with E-state index in [-0.39, 0.29) is 0 Å². The Labute approximate surface area is 175 Å². The number of H-pyrrole nitrogens is 1. The summed E-state index contributed by atoms with van der Waals surface area (Å²) < 4.78 is 12.2. The number of nitrogens with zero attached hydrogens (tertiary/aromatic N) is 5. The van der Waals surface area contributed by atoms with Crippen LogP contribution in [0.15, 0.2) is 30.6 Å². The Kier molecular flexibility index (Phi) is 5.96. The molecule has 8 nitrogen and oxygen atoms in total. The number of anilines is 1. The van der Waals surface area contributed by atoms with E-state index in [1.165, 1.54) is 0 Å². The first-order valence-corrected chi connectivity index (χ1v) is 10.2. The van der Waals surface area contributed by atoms with Crippen LogP contribution in [-0.2, 0) is 9.47 Å². The molecule has 4 aromatic rings. The van der Waals surface area contributed by atoms with E-state index in [1.54, 1.807) is 7.11 Å². The highest BCUT2D eigenvalue weighted by Crippen LogP contribution is 2.30. The standard InChI is InChI=1S/C19H20N6O.C3H8O/c1-12-13(2)25-11-17(14-4-3-5-16-15(14)10-20-23-16)22-18(19(25)21-12)24-6-8-26-9-7-24;1-3-4-2/h3-5,10-11H,6-9H2,1-2H3,(H,20,23);3H2,1-2H3. The third-order valence-electron chi connectivity index (χ3n) is 5.42. The van der Waals surface area contributed by atoms with Crippen molar-refractivity contribution in [3.63, 3.8) is 0 Å². The van der Waals surface area contributed by atoms with E-state index in [1.807, 2.05) is 32.2 Å². The second kappa shape index (κ2) is 8.81. The molecule has 3 aromatic heterocycles. The summed E-state index contributed by atoms with van der Waals surface area (Å²) in [4.78, 5) is 12.1. The number of aryl methyl sites for hydroxylation is 2. The Morgan fingerprint density at radius 1 is 1.17 bits per heavy atom. The van der Waals surface area contributed by atoms with Gasteiger partial charge in [0.15, 0.2) is 11.5 Å². The summed E-state index contributed by atoms with van der Waals surface area (Å²) in [7, 11) is 1.68. The molecular formula is C22H28N6O2. The Hall–Kier alpha value is -2.97. The average Bonchev–Trinajstić information content (AvgIpc) is 3.38. The van der Waals surface area contributed by atoms with E-state index >= 15 is 0 Å². The Morgan fingerprint density at radius 3 is 2.67 bits per heavy atom. The lowest BCUT2D eigenvalue weighted by atomic mass is 10.1. The number of methoxy groups -OCH3 is 1. The van der Waals surface area contributed by atoms with E-state index in [2.05, 4.69) is 43.4 Å².